The van der Waals surface area contributed by atoms with Crippen LogP contribution < -0.4 is 5.32 Å². The molecule has 1 heterocycles. The molecular formula is C12H11NO5. The minimum atomic E-state index is -2.22. The number of carbonyl (C=O) groups is 3. The van der Waals surface area contributed by atoms with Gasteiger partial charge in [-0.15, -0.1) is 0 Å². The number of hydrogen-bond donors (Lipinski definition) is 3. The van der Waals surface area contributed by atoms with E-state index < -0.39 is 29.3 Å². The molecule has 0 aliphatic carbocycles. The minimum Gasteiger partial charge on any atom is -0.479 e. The Morgan fingerprint density at radius 2 is 1.72 bits per heavy atom. The third-order valence-corrected chi connectivity index (χ3v) is 3.10. The van der Waals surface area contributed by atoms with Gasteiger partial charge in [0.25, 0.3) is 0 Å². The van der Waals surface area contributed by atoms with Gasteiger partial charge in [0.2, 0.25) is 11.4 Å². The van der Waals surface area contributed by atoms with Crippen LogP contribution in [0.25, 0.3) is 0 Å². The Morgan fingerprint density at radius 3 is 2.17 bits per heavy atom. The van der Waals surface area contributed by atoms with Gasteiger partial charge in [-0.3, -0.25) is 4.79 Å². The van der Waals surface area contributed by atoms with Crippen molar-refractivity contribution in [2.45, 2.75) is 17.9 Å². The lowest BCUT2D eigenvalue weighted by Gasteiger charge is -2.18. The predicted octanol–water partition coefficient (Wildman–Crippen LogP) is 0.198. The molecule has 2 rings (SSSR count). The van der Waals surface area contributed by atoms with Gasteiger partial charge in [-0.25, -0.2) is 9.59 Å². The molecule has 1 atom stereocenters. The lowest BCUT2D eigenvalue weighted by molar-refractivity contribution is -0.159. The fourth-order valence-corrected chi connectivity index (χ4v) is 2.07. The molecular weight excluding hydrogens is 238 g/mol. The number of carboxylic acid groups (broad SMARTS) is 2. The summed E-state index contributed by atoms with van der Waals surface area (Å²) in [6.07, 6.45) is -0.291. The Morgan fingerprint density at radius 1 is 1.17 bits per heavy atom. The largest absolute Gasteiger partial charge is 0.479 e. The maximum Gasteiger partial charge on any atom is 0.341 e. The highest BCUT2D eigenvalue weighted by Crippen LogP contribution is 2.33. The first-order chi connectivity index (χ1) is 8.47. The van der Waals surface area contributed by atoms with Gasteiger partial charge in [-0.2, -0.15) is 0 Å². The third-order valence-electron chi connectivity index (χ3n) is 3.10. The average Bonchev–Trinajstić information content (AvgIpc) is 2.70. The van der Waals surface area contributed by atoms with Crippen LogP contribution in [0.2, 0.25) is 0 Å². The van der Waals surface area contributed by atoms with Crippen LogP contribution in [-0.2, 0) is 14.4 Å². The molecule has 0 bridgehead atoms. The van der Waals surface area contributed by atoms with Crippen molar-refractivity contribution in [2.75, 3.05) is 0 Å². The topological polar surface area (TPSA) is 104 Å². The molecule has 0 aromatic heterocycles. The number of rotatable bonds is 3. The van der Waals surface area contributed by atoms with Crippen molar-refractivity contribution < 1.29 is 24.6 Å². The van der Waals surface area contributed by atoms with Crippen molar-refractivity contribution in [1.29, 1.82) is 0 Å². The van der Waals surface area contributed by atoms with E-state index in [1.165, 1.54) is 0 Å². The molecule has 6 nitrogen and oxygen atoms in total. The van der Waals surface area contributed by atoms with E-state index >= 15 is 0 Å². The molecule has 0 radical (unpaired) electrons. The molecule has 1 aromatic rings. The summed E-state index contributed by atoms with van der Waals surface area (Å²) < 4.78 is 0. The Bertz CT molecular complexity index is 496. The summed E-state index contributed by atoms with van der Waals surface area (Å²) in [6, 6.07) is 8.53. The van der Waals surface area contributed by atoms with Crippen LogP contribution in [-0.4, -0.2) is 33.6 Å². The molecule has 1 aromatic carbocycles. The van der Waals surface area contributed by atoms with Crippen LogP contribution in [0.1, 0.15) is 17.9 Å². The number of carbonyl (C=O) groups excluding carboxylic acids is 1. The van der Waals surface area contributed by atoms with Crippen molar-refractivity contribution >= 4 is 17.8 Å². The Kier molecular flexibility index (Phi) is 2.78. The van der Waals surface area contributed by atoms with E-state index in [2.05, 4.69) is 5.32 Å². The van der Waals surface area contributed by atoms with E-state index in [-0.39, 0.29) is 6.42 Å². The van der Waals surface area contributed by atoms with Gasteiger partial charge in [0, 0.05) is 6.42 Å². The van der Waals surface area contributed by atoms with Crippen molar-refractivity contribution in [3.63, 3.8) is 0 Å². The van der Waals surface area contributed by atoms with Gasteiger partial charge in [-0.1, -0.05) is 30.3 Å². The van der Waals surface area contributed by atoms with Gasteiger partial charge in [0.05, 0.1) is 5.92 Å². The van der Waals surface area contributed by atoms with Gasteiger partial charge in [-0.05, 0) is 5.56 Å². The summed E-state index contributed by atoms with van der Waals surface area (Å²) in [5, 5.41) is 20.1. The van der Waals surface area contributed by atoms with E-state index in [0.29, 0.717) is 5.56 Å². The minimum absolute atomic E-state index is 0.291. The zero-order valence-corrected chi connectivity index (χ0v) is 9.29. The Balaban J connectivity index is 2.37. The smallest absolute Gasteiger partial charge is 0.341 e. The van der Waals surface area contributed by atoms with Crippen LogP contribution >= 0.6 is 0 Å². The zero-order chi connectivity index (χ0) is 13.3. The Labute approximate surface area is 102 Å². The SMILES string of the molecule is O=C1NC(C(=O)O)(C(=O)O)CC1c1ccccc1. The summed E-state index contributed by atoms with van der Waals surface area (Å²) in [6.45, 7) is 0. The summed E-state index contributed by atoms with van der Waals surface area (Å²) in [4.78, 5) is 33.9. The highest BCUT2D eigenvalue weighted by molar-refractivity contribution is 6.10. The van der Waals surface area contributed by atoms with Gasteiger partial charge in [0.15, 0.2) is 0 Å². The van der Waals surface area contributed by atoms with E-state index in [1.807, 2.05) is 0 Å². The lowest BCUT2D eigenvalue weighted by atomic mass is 9.89. The second-order valence-electron chi connectivity index (χ2n) is 4.17. The standard InChI is InChI=1S/C12H11NO5/c14-9-8(7-4-2-1-3-5-7)6-12(13-9,10(15)16)11(17)18/h1-5,8H,6H2,(H,13,14)(H,15,16)(H,17,18). The van der Waals surface area contributed by atoms with E-state index in [9.17, 15) is 14.4 Å². The predicted molar refractivity (Wildman–Crippen MR) is 59.9 cm³/mol. The number of carboxylic acids is 2. The molecule has 0 spiro atoms. The van der Waals surface area contributed by atoms with Crippen LogP contribution in [0.3, 0.4) is 0 Å². The maximum atomic E-state index is 11.8. The number of benzene rings is 1. The lowest BCUT2D eigenvalue weighted by Crippen LogP contribution is -2.55. The van der Waals surface area contributed by atoms with Crippen molar-refractivity contribution in [3.8, 4) is 0 Å². The van der Waals surface area contributed by atoms with Crippen LogP contribution in [0.15, 0.2) is 30.3 Å². The van der Waals surface area contributed by atoms with Crippen LogP contribution in [0, 0.1) is 0 Å². The van der Waals surface area contributed by atoms with E-state index in [4.69, 9.17) is 10.2 Å². The second-order valence-corrected chi connectivity index (χ2v) is 4.17. The van der Waals surface area contributed by atoms with Crippen molar-refractivity contribution in [3.05, 3.63) is 35.9 Å². The van der Waals surface area contributed by atoms with Crippen LogP contribution in [0.4, 0.5) is 0 Å². The third kappa shape index (κ3) is 1.71. The summed E-state index contributed by atoms with van der Waals surface area (Å²) in [7, 11) is 0. The first-order valence-electron chi connectivity index (χ1n) is 5.31. The number of amides is 1. The highest BCUT2D eigenvalue weighted by atomic mass is 16.4. The van der Waals surface area contributed by atoms with E-state index in [0.717, 1.165) is 0 Å². The highest BCUT2D eigenvalue weighted by Gasteiger charge is 2.56. The normalized spacial score (nSPS) is 21.3. The maximum absolute atomic E-state index is 11.8. The molecule has 3 N–H and O–H groups in total. The molecule has 1 aliphatic rings. The molecule has 1 aliphatic heterocycles. The quantitative estimate of drug-likeness (QED) is 0.664. The van der Waals surface area contributed by atoms with Gasteiger partial charge in [0.1, 0.15) is 0 Å². The number of hydrogen-bond acceptors (Lipinski definition) is 3. The number of nitrogens with one attached hydrogen (secondary N) is 1. The van der Waals surface area contributed by atoms with Crippen molar-refractivity contribution in [2.24, 2.45) is 0 Å². The number of aliphatic carboxylic acids is 2. The first-order valence-corrected chi connectivity index (χ1v) is 5.31. The van der Waals surface area contributed by atoms with Gasteiger partial charge < -0.3 is 15.5 Å². The fourth-order valence-electron chi connectivity index (χ4n) is 2.07. The molecule has 94 valence electrons. The molecule has 0 saturated carbocycles. The van der Waals surface area contributed by atoms with Crippen molar-refractivity contribution in [1.82, 2.24) is 5.32 Å². The first kappa shape index (κ1) is 12.1. The molecule has 6 heteroatoms. The zero-order valence-electron chi connectivity index (χ0n) is 9.29. The monoisotopic (exact) mass is 249 g/mol. The average molecular weight is 249 g/mol. The molecule has 1 unspecified atom stereocenters. The molecule has 1 saturated heterocycles. The summed E-state index contributed by atoms with van der Waals surface area (Å²) in [5.41, 5.74) is -1.61. The van der Waals surface area contributed by atoms with Gasteiger partial charge >= 0.3 is 11.9 Å². The summed E-state index contributed by atoms with van der Waals surface area (Å²) >= 11 is 0. The molecule has 1 amide bonds. The van der Waals surface area contributed by atoms with Crippen LogP contribution in [0.5, 0.6) is 0 Å². The Hall–Kier alpha value is -2.37. The van der Waals surface area contributed by atoms with E-state index in [1.54, 1.807) is 30.3 Å². The second kappa shape index (κ2) is 4.14. The fraction of sp³-hybridized carbons (Fsp3) is 0.250. The summed E-state index contributed by atoms with van der Waals surface area (Å²) in [5.74, 6) is -4.44. The molecule has 1 fully saturated rings. The molecule has 18 heavy (non-hydrogen) atoms.